The number of ether oxygens (including phenoxy) is 1. The average molecular weight is 350 g/mol. The fourth-order valence-corrected chi connectivity index (χ4v) is 3.24. The van der Waals surface area contributed by atoms with Gasteiger partial charge < -0.3 is 20.1 Å². The lowest BCUT2D eigenvalue weighted by atomic mass is 9.97. The number of H-pyrrole nitrogens is 1. The normalized spacial score (nSPS) is 29.7. The van der Waals surface area contributed by atoms with Crippen molar-refractivity contribution in [1.82, 2.24) is 20.0 Å². The van der Waals surface area contributed by atoms with Gasteiger partial charge in [-0.25, -0.2) is 9.78 Å². The van der Waals surface area contributed by atoms with E-state index in [0.29, 0.717) is 10.8 Å². The van der Waals surface area contributed by atoms with E-state index in [1.54, 1.807) is 6.07 Å². The Kier molecular flexibility index (Phi) is 3.41. The van der Waals surface area contributed by atoms with Gasteiger partial charge in [0, 0.05) is 17.0 Å². The second-order valence-corrected chi connectivity index (χ2v) is 6.26. The van der Waals surface area contributed by atoms with Gasteiger partial charge in [-0.3, -0.25) is 4.79 Å². The summed E-state index contributed by atoms with van der Waals surface area (Å²) in [6.07, 6.45) is -2.07. The van der Waals surface area contributed by atoms with Gasteiger partial charge in [-0.05, 0) is 13.0 Å². The second-order valence-electron chi connectivity index (χ2n) is 6.26. The zero-order chi connectivity index (χ0) is 17.9. The van der Waals surface area contributed by atoms with E-state index in [4.69, 9.17) is 4.74 Å². The van der Waals surface area contributed by atoms with Crippen LogP contribution in [0.3, 0.4) is 0 Å². The van der Waals surface area contributed by atoms with Crippen LogP contribution in [0, 0.1) is 5.95 Å². The predicted octanol–water partition coefficient (Wildman–Crippen LogP) is -0.587. The Hall–Kier alpha value is -2.40. The summed E-state index contributed by atoms with van der Waals surface area (Å²) in [4.78, 5) is 11.9. The Balaban J connectivity index is 1.98. The third-order valence-corrected chi connectivity index (χ3v) is 4.58. The maximum Gasteiger partial charge on any atom is 0.272 e. The van der Waals surface area contributed by atoms with E-state index in [-0.39, 0.29) is 10.9 Å². The Morgan fingerprint density at radius 2 is 2.24 bits per heavy atom. The number of halogens is 1. The molecule has 1 aliphatic heterocycles. The number of nitrogens with zero attached hydrogens (tertiary/aromatic N) is 3. The van der Waals surface area contributed by atoms with Crippen LogP contribution >= 0.6 is 0 Å². The van der Waals surface area contributed by atoms with Crippen LogP contribution in [0.15, 0.2) is 23.1 Å². The van der Waals surface area contributed by atoms with Crippen molar-refractivity contribution in [3.63, 3.8) is 0 Å². The van der Waals surface area contributed by atoms with E-state index in [2.05, 4.69) is 15.3 Å². The van der Waals surface area contributed by atoms with Crippen molar-refractivity contribution >= 4 is 21.7 Å². The molecule has 9 nitrogen and oxygen atoms in total. The van der Waals surface area contributed by atoms with Crippen molar-refractivity contribution < 1.29 is 24.4 Å². The fraction of sp³-hybridized carbons (Fsp3) is 0.400. The summed E-state index contributed by atoms with van der Waals surface area (Å²) in [6, 6.07) is 3.12. The molecule has 0 spiro atoms. The first-order valence-electron chi connectivity index (χ1n) is 7.57. The van der Waals surface area contributed by atoms with Gasteiger partial charge in [0.15, 0.2) is 6.23 Å². The van der Waals surface area contributed by atoms with Crippen LogP contribution in [0.4, 0.5) is 4.39 Å². The molecule has 0 amide bonds. The highest BCUT2D eigenvalue weighted by Crippen LogP contribution is 2.38. The second kappa shape index (κ2) is 5.30. The van der Waals surface area contributed by atoms with Crippen molar-refractivity contribution in [2.45, 2.75) is 31.0 Å². The molecule has 132 valence electrons. The summed E-state index contributed by atoms with van der Waals surface area (Å²) in [6.45, 7) is 0.832. The lowest BCUT2D eigenvalue weighted by Gasteiger charge is -2.27. The topological polar surface area (TPSA) is 133 Å². The Labute approximate surface area is 139 Å². The van der Waals surface area contributed by atoms with Crippen LogP contribution in [0.5, 0.6) is 0 Å². The smallest absolute Gasteiger partial charge is 0.272 e. The van der Waals surface area contributed by atoms with Crippen LogP contribution in [0.1, 0.15) is 13.2 Å². The van der Waals surface area contributed by atoms with Crippen LogP contribution in [0.2, 0.25) is 0 Å². The Morgan fingerprint density at radius 3 is 2.92 bits per heavy atom. The molecule has 0 aliphatic carbocycles. The molecular weight excluding hydrogens is 335 g/mol. The molecule has 3 aromatic rings. The van der Waals surface area contributed by atoms with E-state index >= 15 is 0 Å². The summed E-state index contributed by atoms with van der Waals surface area (Å²) in [5.74, 6) is -0.991. The van der Waals surface area contributed by atoms with Gasteiger partial charge in [0.25, 0.3) is 11.5 Å². The highest BCUT2D eigenvalue weighted by molar-refractivity contribution is 6.08. The predicted molar refractivity (Wildman–Crippen MR) is 83.2 cm³/mol. The van der Waals surface area contributed by atoms with E-state index < -0.39 is 42.2 Å². The molecule has 4 atom stereocenters. The minimum atomic E-state index is -1.77. The van der Waals surface area contributed by atoms with Gasteiger partial charge in [0.2, 0.25) is 0 Å². The number of aliphatic hydroxyl groups is 3. The van der Waals surface area contributed by atoms with Crippen molar-refractivity contribution in [2.24, 2.45) is 0 Å². The van der Waals surface area contributed by atoms with Crippen LogP contribution in [0.25, 0.3) is 21.7 Å². The summed E-state index contributed by atoms with van der Waals surface area (Å²) < 4.78 is 20.9. The standard InChI is InChI=1S/C15H15FN4O5/c1-15(24)11(22)8(5-21)25-14(15)20-4-6-2-3-7-9(6)10(19-20)12(16)17-18-13(7)23/h2-4,8,11,14,21-22,24H,5H2,1H3,(H,18,23)/t8-,11-,14-,15-/m1/s1. The maximum absolute atomic E-state index is 14.3. The van der Waals surface area contributed by atoms with Gasteiger partial charge in [-0.15, -0.1) is 5.10 Å². The molecule has 4 rings (SSSR count). The Bertz CT molecular complexity index is 1030. The van der Waals surface area contributed by atoms with E-state index in [0.717, 1.165) is 4.68 Å². The van der Waals surface area contributed by atoms with Gasteiger partial charge in [0.05, 0.1) is 12.0 Å². The largest absolute Gasteiger partial charge is 0.394 e. The first-order valence-corrected chi connectivity index (χ1v) is 7.57. The number of nitrogens with one attached hydrogen (secondary N) is 1. The minimum Gasteiger partial charge on any atom is -0.394 e. The quantitative estimate of drug-likeness (QED) is 0.485. The molecule has 10 heteroatoms. The molecule has 0 bridgehead atoms. The molecule has 0 unspecified atom stereocenters. The molecule has 0 saturated carbocycles. The first-order chi connectivity index (χ1) is 11.8. The number of aliphatic hydroxyl groups excluding tert-OH is 2. The molecule has 25 heavy (non-hydrogen) atoms. The molecule has 1 aliphatic rings. The third-order valence-electron chi connectivity index (χ3n) is 4.58. The van der Waals surface area contributed by atoms with Crippen LogP contribution < -0.4 is 5.56 Å². The number of hydrogen-bond donors (Lipinski definition) is 4. The molecule has 4 N–H and O–H groups in total. The SMILES string of the molecule is C[C@@]1(O)[C@H](O)[C@@H](CO)O[C@H]1n1cc2ccc3c(=O)[nH]nc(F)c(n1)c23. The first kappa shape index (κ1) is 16.1. The minimum absolute atomic E-state index is 0.183. The molecule has 2 aromatic heterocycles. The highest BCUT2D eigenvalue weighted by atomic mass is 19.1. The summed E-state index contributed by atoms with van der Waals surface area (Å²) in [5, 5.41) is 40.5. The monoisotopic (exact) mass is 350 g/mol. The van der Waals surface area contributed by atoms with E-state index in [1.807, 2.05) is 0 Å². The summed E-state index contributed by atoms with van der Waals surface area (Å²) in [7, 11) is 0. The zero-order valence-electron chi connectivity index (χ0n) is 13.0. The van der Waals surface area contributed by atoms with Gasteiger partial charge >= 0.3 is 0 Å². The summed E-state index contributed by atoms with van der Waals surface area (Å²) >= 11 is 0. The number of aromatic nitrogens is 4. The molecule has 1 fully saturated rings. The van der Waals surface area contributed by atoms with Gasteiger partial charge in [0.1, 0.15) is 23.3 Å². The van der Waals surface area contributed by atoms with Gasteiger partial charge in [-0.1, -0.05) is 6.07 Å². The molecule has 0 radical (unpaired) electrons. The van der Waals surface area contributed by atoms with E-state index in [1.165, 1.54) is 19.2 Å². The summed E-state index contributed by atoms with van der Waals surface area (Å²) in [5.41, 5.74) is -2.51. The lowest BCUT2D eigenvalue weighted by molar-refractivity contribution is -0.102. The van der Waals surface area contributed by atoms with Crippen LogP contribution in [-0.4, -0.2) is 59.7 Å². The molecule has 3 heterocycles. The lowest BCUT2D eigenvalue weighted by Crippen LogP contribution is -2.44. The maximum atomic E-state index is 14.3. The van der Waals surface area contributed by atoms with Gasteiger partial charge in [-0.2, -0.15) is 9.49 Å². The number of aromatic amines is 1. The number of rotatable bonds is 2. The highest BCUT2D eigenvalue weighted by Gasteiger charge is 2.53. The number of hydrogen-bond acceptors (Lipinski definition) is 7. The van der Waals surface area contributed by atoms with Crippen molar-refractivity contribution in [3.05, 3.63) is 34.6 Å². The Morgan fingerprint density at radius 1 is 1.48 bits per heavy atom. The van der Waals surface area contributed by atoms with Crippen molar-refractivity contribution in [1.29, 1.82) is 0 Å². The van der Waals surface area contributed by atoms with E-state index in [9.17, 15) is 24.5 Å². The third kappa shape index (κ3) is 2.19. The molecule has 1 saturated heterocycles. The average Bonchev–Trinajstić information content (AvgIpc) is 3.07. The molecular formula is C15H15FN4O5. The van der Waals surface area contributed by atoms with Crippen molar-refractivity contribution in [3.8, 4) is 0 Å². The van der Waals surface area contributed by atoms with Crippen molar-refractivity contribution in [2.75, 3.05) is 6.61 Å². The molecule has 1 aromatic carbocycles. The zero-order valence-corrected chi connectivity index (χ0v) is 13.0. The van der Waals surface area contributed by atoms with Crippen LogP contribution in [-0.2, 0) is 4.74 Å². The fourth-order valence-electron chi connectivity index (χ4n) is 3.24.